The molecule has 0 fully saturated rings. The van der Waals surface area contributed by atoms with Crippen molar-refractivity contribution in [1.29, 1.82) is 0 Å². The van der Waals surface area contributed by atoms with Crippen LogP contribution < -0.4 is 0 Å². The van der Waals surface area contributed by atoms with Gasteiger partial charge in [-0.15, -0.1) is 0 Å². The highest BCUT2D eigenvalue weighted by Crippen LogP contribution is 2.28. The molecule has 0 amide bonds. The summed E-state index contributed by atoms with van der Waals surface area (Å²) in [7, 11) is 4.49. The van der Waals surface area contributed by atoms with Gasteiger partial charge in [-0.3, -0.25) is 0 Å². The lowest BCUT2D eigenvalue weighted by molar-refractivity contribution is 0.123. The van der Waals surface area contributed by atoms with Crippen LogP contribution in [0.5, 0.6) is 0 Å². The van der Waals surface area contributed by atoms with Crippen molar-refractivity contribution in [2.75, 3.05) is 14.1 Å². The number of hydrogen-bond donors (Lipinski definition) is 0. The highest BCUT2D eigenvalue weighted by Gasteiger charge is 2.27. The molecular weight excluding hydrogens is 206 g/mol. The molecule has 0 heterocycles. The molecule has 0 aliphatic carbocycles. The number of rotatable bonds is 11. The van der Waals surface area contributed by atoms with E-state index in [1.807, 2.05) is 0 Å². The van der Waals surface area contributed by atoms with Gasteiger partial charge in [0.25, 0.3) is 0 Å². The van der Waals surface area contributed by atoms with Crippen molar-refractivity contribution in [1.82, 2.24) is 4.90 Å². The van der Waals surface area contributed by atoms with Crippen LogP contribution in [0.3, 0.4) is 0 Å². The molecular formula is C16H35N. The quantitative estimate of drug-likeness (QED) is 0.447. The molecule has 0 unspecified atom stereocenters. The molecule has 0 aromatic carbocycles. The van der Waals surface area contributed by atoms with E-state index in [-0.39, 0.29) is 0 Å². The number of hydrogen-bond acceptors (Lipinski definition) is 1. The Morgan fingerprint density at radius 1 is 0.706 bits per heavy atom. The summed E-state index contributed by atoms with van der Waals surface area (Å²) < 4.78 is 0. The van der Waals surface area contributed by atoms with Gasteiger partial charge in [-0.2, -0.15) is 0 Å². The largest absolute Gasteiger partial charge is 0.304 e. The van der Waals surface area contributed by atoms with Gasteiger partial charge in [0.2, 0.25) is 0 Å². The third kappa shape index (κ3) is 6.45. The van der Waals surface area contributed by atoms with Crippen LogP contribution >= 0.6 is 0 Å². The molecule has 0 aromatic rings. The summed E-state index contributed by atoms with van der Waals surface area (Å²) in [5, 5.41) is 0. The van der Waals surface area contributed by atoms with Gasteiger partial charge in [0, 0.05) is 5.54 Å². The van der Waals surface area contributed by atoms with E-state index in [2.05, 4.69) is 39.8 Å². The first-order chi connectivity index (χ1) is 8.13. The molecule has 0 aliphatic rings. The van der Waals surface area contributed by atoms with Gasteiger partial charge >= 0.3 is 0 Å². The second-order valence-corrected chi connectivity index (χ2v) is 5.70. The minimum absolute atomic E-state index is 0.462. The fraction of sp³-hybridized carbons (Fsp3) is 1.00. The molecule has 1 nitrogen and oxygen atoms in total. The molecule has 0 N–H and O–H groups in total. The van der Waals surface area contributed by atoms with Crippen molar-refractivity contribution in [2.45, 2.75) is 90.5 Å². The first-order valence-electron chi connectivity index (χ1n) is 7.80. The van der Waals surface area contributed by atoms with E-state index >= 15 is 0 Å². The van der Waals surface area contributed by atoms with Gasteiger partial charge in [0.1, 0.15) is 0 Å². The van der Waals surface area contributed by atoms with Crippen molar-refractivity contribution >= 4 is 0 Å². The Labute approximate surface area is 110 Å². The van der Waals surface area contributed by atoms with Crippen LogP contribution in [-0.2, 0) is 0 Å². The van der Waals surface area contributed by atoms with E-state index in [0.717, 1.165) is 0 Å². The third-order valence-corrected chi connectivity index (χ3v) is 4.51. The molecule has 0 radical (unpaired) electrons. The molecule has 104 valence electrons. The monoisotopic (exact) mass is 241 g/mol. The molecule has 0 saturated heterocycles. The van der Waals surface area contributed by atoms with Gasteiger partial charge in [-0.05, 0) is 33.4 Å². The van der Waals surface area contributed by atoms with Gasteiger partial charge < -0.3 is 4.90 Å². The zero-order valence-corrected chi connectivity index (χ0v) is 13.0. The van der Waals surface area contributed by atoms with E-state index in [9.17, 15) is 0 Å². The van der Waals surface area contributed by atoms with Gasteiger partial charge in [0.15, 0.2) is 0 Å². The Bertz CT molecular complexity index is 159. The molecule has 0 aliphatic heterocycles. The topological polar surface area (TPSA) is 3.24 Å². The van der Waals surface area contributed by atoms with Crippen LogP contribution in [-0.4, -0.2) is 24.5 Å². The average Bonchev–Trinajstić information content (AvgIpc) is 2.33. The van der Waals surface area contributed by atoms with Crippen LogP contribution in [0.1, 0.15) is 85.0 Å². The van der Waals surface area contributed by atoms with E-state index in [4.69, 9.17) is 0 Å². The first-order valence-corrected chi connectivity index (χ1v) is 7.80. The maximum absolute atomic E-state index is 2.45. The minimum Gasteiger partial charge on any atom is -0.304 e. The predicted molar refractivity (Wildman–Crippen MR) is 79.6 cm³/mol. The predicted octanol–water partition coefficient (Wildman–Crippen LogP) is 5.25. The zero-order valence-electron chi connectivity index (χ0n) is 13.0. The molecule has 0 atom stereocenters. The van der Waals surface area contributed by atoms with Crippen molar-refractivity contribution in [3.8, 4) is 0 Å². The lowest BCUT2D eigenvalue weighted by Gasteiger charge is -2.39. The van der Waals surface area contributed by atoms with E-state index in [1.165, 1.54) is 64.2 Å². The van der Waals surface area contributed by atoms with Crippen LogP contribution in [0.2, 0.25) is 0 Å². The molecule has 0 spiro atoms. The molecule has 0 aromatic heterocycles. The Morgan fingerprint density at radius 3 is 1.59 bits per heavy atom. The number of unbranched alkanes of at least 4 members (excludes halogenated alkanes) is 6. The Hall–Kier alpha value is -0.0400. The van der Waals surface area contributed by atoms with Crippen molar-refractivity contribution < 1.29 is 0 Å². The smallest absolute Gasteiger partial charge is 0.0198 e. The summed E-state index contributed by atoms with van der Waals surface area (Å²) in [5.74, 6) is 0. The van der Waals surface area contributed by atoms with E-state index < -0.39 is 0 Å². The van der Waals surface area contributed by atoms with E-state index in [1.54, 1.807) is 0 Å². The Morgan fingerprint density at radius 2 is 1.18 bits per heavy atom. The van der Waals surface area contributed by atoms with Crippen LogP contribution in [0.25, 0.3) is 0 Å². The highest BCUT2D eigenvalue weighted by molar-refractivity contribution is 4.84. The summed E-state index contributed by atoms with van der Waals surface area (Å²) in [5.41, 5.74) is 0.462. The van der Waals surface area contributed by atoms with E-state index in [0.29, 0.717) is 5.54 Å². The molecule has 17 heavy (non-hydrogen) atoms. The van der Waals surface area contributed by atoms with Crippen LogP contribution in [0.15, 0.2) is 0 Å². The SMILES string of the molecule is CCCCCCCCCC(CC)(CC)N(C)C. The highest BCUT2D eigenvalue weighted by atomic mass is 15.1. The Balaban J connectivity index is 3.69. The fourth-order valence-corrected chi connectivity index (χ4v) is 2.87. The summed E-state index contributed by atoms with van der Waals surface area (Å²) in [4.78, 5) is 2.45. The first kappa shape index (κ1) is 17.0. The fourth-order valence-electron chi connectivity index (χ4n) is 2.87. The lowest BCUT2D eigenvalue weighted by atomic mass is 9.85. The molecule has 0 rings (SSSR count). The van der Waals surface area contributed by atoms with Gasteiger partial charge in [0.05, 0.1) is 0 Å². The summed E-state index contributed by atoms with van der Waals surface area (Å²) in [6.07, 6.45) is 13.9. The number of nitrogens with zero attached hydrogens (tertiary/aromatic N) is 1. The van der Waals surface area contributed by atoms with Crippen molar-refractivity contribution in [2.24, 2.45) is 0 Å². The van der Waals surface area contributed by atoms with Gasteiger partial charge in [-0.1, -0.05) is 65.7 Å². The maximum atomic E-state index is 2.45. The van der Waals surface area contributed by atoms with Crippen molar-refractivity contribution in [3.05, 3.63) is 0 Å². The zero-order chi connectivity index (χ0) is 13.1. The standard InChI is InChI=1S/C16H35N/c1-6-9-10-11-12-13-14-15-16(7-2,8-3)17(4)5/h6-15H2,1-5H3. The third-order valence-electron chi connectivity index (χ3n) is 4.51. The van der Waals surface area contributed by atoms with Gasteiger partial charge in [-0.25, -0.2) is 0 Å². The molecule has 1 heteroatoms. The molecule has 0 bridgehead atoms. The molecule has 0 saturated carbocycles. The van der Waals surface area contributed by atoms with Crippen molar-refractivity contribution in [3.63, 3.8) is 0 Å². The summed E-state index contributed by atoms with van der Waals surface area (Å²) >= 11 is 0. The van der Waals surface area contributed by atoms with Crippen LogP contribution in [0.4, 0.5) is 0 Å². The lowest BCUT2D eigenvalue weighted by Crippen LogP contribution is -2.43. The summed E-state index contributed by atoms with van der Waals surface area (Å²) in [6, 6.07) is 0. The second kappa shape index (κ2) is 9.94. The minimum atomic E-state index is 0.462. The van der Waals surface area contributed by atoms with Crippen LogP contribution in [0, 0.1) is 0 Å². The summed E-state index contributed by atoms with van der Waals surface area (Å²) in [6.45, 7) is 6.96. The maximum Gasteiger partial charge on any atom is 0.0198 e. The Kier molecular flexibility index (Phi) is 9.91. The average molecular weight is 241 g/mol. The normalized spacial score (nSPS) is 12.4. The second-order valence-electron chi connectivity index (χ2n) is 5.70.